The van der Waals surface area contributed by atoms with Crippen LogP contribution in [0.5, 0.6) is 0 Å². The van der Waals surface area contributed by atoms with Crippen molar-refractivity contribution in [3.63, 3.8) is 0 Å². The molecule has 1 fully saturated rings. The summed E-state index contributed by atoms with van der Waals surface area (Å²) in [6.45, 7) is 5.44. The lowest BCUT2D eigenvalue weighted by atomic mass is 10.0. The molecule has 0 aromatic heterocycles. The molecule has 1 aromatic carbocycles. The van der Waals surface area contributed by atoms with Crippen molar-refractivity contribution < 1.29 is 23.9 Å². The van der Waals surface area contributed by atoms with Crippen molar-refractivity contribution in [2.24, 2.45) is 5.92 Å². The van der Waals surface area contributed by atoms with Crippen LogP contribution in [0.4, 0.5) is 5.69 Å². The molecule has 3 N–H and O–H groups in total. The molecule has 8 nitrogen and oxygen atoms in total. The van der Waals surface area contributed by atoms with Crippen molar-refractivity contribution in [2.45, 2.75) is 38.8 Å². The lowest BCUT2D eigenvalue weighted by molar-refractivity contribution is -0.128. The van der Waals surface area contributed by atoms with Crippen molar-refractivity contribution in [1.29, 1.82) is 0 Å². The van der Waals surface area contributed by atoms with E-state index in [-0.39, 0.29) is 42.4 Å². The molecule has 2 atom stereocenters. The maximum atomic E-state index is 12.5. The summed E-state index contributed by atoms with van der Waals surface area (Å²) in [5.74, 6) is -0.386. The molecule has 3 rings (SSSR count). The molecular formula is C20H27N3O5. The highest BCUT2D eigenvalue weighted by Gasteiger charge is 2.22. The molecule has 2 aliphatic rings. The van der Waals surface area contributed by atoms with Crippen molar-refractivity contribution in [3.05, 3.63) is 29.3 Å². The Morgan fingerprint density at radius 3 is 2.89 bits per heavy atom. The van der Waals surface area contributed by atoms with Gasteiger partial charge < -0.3 is 25.4 Å². The highest BCUT2D eigenvalue weighted by Crippen LogP contribution is 2.23. The monoisotopic (exact) mass is 389 g/mol. The molecule has 2 unspecified atom stereocenters. The average Bonchev–Trinajstić information content (AvgIpc) is 3.30. The number of nitrogens with one attached hydrogen (secondary N) is 3. The van der Waals surface area contributed by atoms with Gasteiger partial charge in [-0.15, -0.1) is 0 Å². The first-order valence-corrected chi connectivity index (χ1v) is 9.62. The lowest BCUT2D eigenvalue weighted by Gasteiger charge is -2.23. The standard InChI is InChI=1S/C20H27N3O5/c1-12(2)17(23-19(25)11-28-15-5-6-27-10-15)9-21-20(26)14-4-3-13-8-18(24)22-16(13)7-14/h3-4,7,12,15,17H,5-6,8-11H2,1-2H3,(H,21,26)(H,22,24)(H,23,25). The molecule has 0 saturated carbocycles. The minimum atomic E-state index is -0.247. The van der Waals surface area contributed by atoms with Gasteiger partial charge in [0.2, 0.25) is 11.8 Å². The topological polar surface area (TPSA) is 106 Å². The summed E-state index contributed by atoms with van der Waals surface area (Å²) < 4.78 is 10.8. The number of hydrogen-bond acceptors (Lipinski definition) is 5. The smallest absolute Gasteiger partial charge is 0.251 e. The van der Waals surface area contributed by atoms with Crippen LogP contribution < -0.4 is 16.0 Å². The van der Waals surface area contributed by atoms with E-state index in [1.807, 2.05) is 13.8 Å². The largest absolute Gasteiger partial charge is 0.379 e. The molecule has 8 heteroatoms. The van der Waals surface area contributed by atoms with E-state index in [0.29, 0.717) is 37.4 Å². The minimum absolute atomic E-state index is 0.0181. The van der Waals surface area contributed by atoms with Crippen LogP contribution in [0.25, 0.3) is 0 Å². The highest BCUT2D eigenvalue weighted by molar-refractivity contribution is 6.02. The summed E-state index contributed by atoms with van der Waals surface area (Å²) in [7, 11) is 0. The van der Waals surface area contributed by atoms with Gasteiger partial charge in [-0.05, 0) is 30.0 Å². The average molecular weight is 389 g/mol. The number of carbonyl (C=O) groups is 3. The Bertz CT molecular complexity index is 743. The van der Waals surface area contributed by atoms with Gasteiger partial charge in [0.05, 0.1) is 19.1 Å². The zero-order chi connectivity index (χ0) is 20.1. The van der Waals surface area contributed by atoms with Crippen LogP contribution in [0.15, 0.2) is 18.2 Å². The molecule has 1 aromatic rings. The first-order chi connectivity index (χ1) is 13.4. The molecule has 0 radical (unpaired) electrons. The number of hydrogen-bond donors (Lipinski definition) is 3. The van der Waals surface area contributed by atoms with Crippen LogP contribution >= 0.6 is 0 Å². The summed E-state index contributed by atoms with van der Waals surface area (Å²) in [6.07, 6.45) is 1.12. The first kappa shape index (κ1) is 20.3. The van der Waals surface area contributed by atoms with Crippen LogP contribution in [0.2, 0.25) is 0 Å². The Morgan fingerprint density at radius 2 is 2.18 bits per heavy atom. The maximum Gasteiger partial charge on any atom is 0.251 e. The third-order valence-electron chi connectivity index (χ3n) is 4.97. The number of amides is 3. The molecular weight excluding hydrogens is 362 g/mol. The molecule has 2 aliphatic heterocycles. The molecule has 28 heavy (non-hydrogen) atoms. The predicted molar refractivity (Wildman–Crippen MR) is 103 cm³/mol. The summed E-state index contributed by atoms with van der Waals surface area (Å²) >= 11 is 0. The molecule has 0 aliphatic carbocycles. The second-order valence-electron chi connectivity index (χ2n) is 7.52. The van der Waals surface area contributed by atoms with E-state index in [2.05, 4.69) is 16.0 Å². The van der Waals surface area contributed by atoms with Gasteiger partial charge in [0, 0.05) is 30.4 Å². The van der Waals surface area contributed by atoms with Gasteiger partial charge >= 0.3 is 0 Å². The van der Waals surface area contributed by atoms with E-state index in [9.17, 15) is 14.4 Å². The zero-order valence-electron chi connectivity index (χ0n) is 16.2. The van der Waals surface area contributed by atoms with Crippen molar-refractivity contribution in [1.82, 2.24) is 10.6 Å². The van der Waals surface area contributed by atoms with Crippen LogP contribution in [0.3, 0.4) is 0 Å². The summed E-state index contributed by atoms with van der Waals surface area (Å²) in [6, 6.07) is 4.95. The third-order valence-corrected chi connectivity index (χ3v) is 4.97. The van der Waals surface area contributed by atoms with E-state index in [1.54, 1.807) is 18.2 Å². The number of fused-ring (bicyclic) bond motifs is 1. The number of benzene rings is 1. The van der Waals surface area contributed by atoms with Crippen molar-refractivity contribution in [3.8, 4) is 0 Å². The quantitative estimate of drug-likeness (QED) is 0.611. The van der Waals surface area contributed by atoms with Crippen molar-refractivity contribution in [2.75, 3.05) is 31.7 Å². The molecule has 0 bridgehead atoms. The van der Waals surface area contributed by atoms with Gasteiger partial charge in [-0.1, -0.05) is 19.9 Å². The Hall–Kier alpha value is -2.45. The Morgan fingerprint density at radius 1 is 1.36 bits per heavy atom. The van der Waals surface area contributed by atoms with E-state index < -0.39 is 0 Å². The van der Waals surface area contributed by atoms with Gasteiger partial charge in [-0.25, -0.2) is 0 Å². The van der Waals surface area contributed by atoms with E-state index in [4.69, 9.17) is 9.47 Å². The zero-order valence-corrected chi connectivity index (χ0v) is 16.2. The number of carbonyl (C=O) groups excluding carboxylic acids is 3. The summed E-state index contributed by atoms with van der Waals surface area (Å²) in [4.78, 5) is 36.1. The van der Waals surface area contributed by atoms with E-state index in [0.717, 1.165) is 12.0 Å². The number of rotatable bonds is 8. The Balaban J connectivity index is 1.48. The van der Waals surface area contributed by atoms with Crippen LogP contribution in [-0.4, -0.2) is 56.2 Å². The van der Waals surface area contributed by atoms with Crippen LogP contribution in [-0.2, 0) is 25.5 Å². The fourth-order valence-corrected chi connectivity index (χ4v) is 3.20. The van der Waals surface area contributed by atoms with E-state index in [1.165, 1.54) is 0 Å². The second kappa shape index (κ2) is 9.16. The predicted octanol–water partition coefficient (Wildman–Crippen LogP) is 0.857. The fraction of sp³-hybridized carbons (Fsp3) is 0.550. The number of anilines is 1. The second-order valence-corrected chi connectivity index (χ2v) is 7.52. The lowest BCUT2D eigenvalue weighted by Crippen LogP contribution is -2.48. The van der Waals surface area contributed by atoms with Gasteiger partial charge in [0.15, 0.2) is 0 Å². The molecule has 2 heterocycles. The van der Waals surface area contributed by atoms with Gasteiger partial charge in [-0.3, -0.25) is 14.4 Å². The summed E-state index contributed by atoms with van der Waals surface area (Å²) in [5, 5.41) is 8.52. The highest BCUT2D eigenvalue weighted by atomic mass is 16.5. The third kappa shape index (κ3) is 5.30. The Kier molecular flexibility index (Phi) is 6.64. The number of ether oxygens (including phenoxy) is 2. The normalized spacial score (nSPS) is 19.2. The Labute approximate surface area is 164 Å². The molecule has 1 saturated heterocycles. The molecule has 0 spiro atoms. The van der Waals surface area contributed by atoms with Gasteiger partial charge in [-0.2, -0.15) is 0 Å². The fourth-order valence-electron chi connectivity index (χ4n) is 3.20. The first-order valence-electron chi connectivity index (χ1n) is 9.62. The van der Waals surface area contributed by atoms with Crippen LogP contribution in [0.1, 0.15) is 36.2 Å². The van der Waals surface area contributed by atoms with Crippen LogP contribution in [0, 0.1) is 5.92 Å². The summed E-state index contributed by atoms with van der Waals surface area (Å²) in [5.41, 5.74) is 2.04. The van der Waals surface area contributed by atoms with E-state index >= 15 is 0 Å². The van der Waals surface area contributed by atoms with Crippen molar-refractivity contribution >= 4 is 23.4 Å². The van der Waals surface area contributed by atoms with Gasteiger partial charge in [0.25, 0.3) is 5.91 Å². The molecule has 3 amide bonds. The SMILES string of the molecule is CC(C)C(CNC(=O)c1ccc2c(c1)NC(=O)C2)NC(=O)COC1CCOC1. The molecule has 152 valence electrons. The van der Waals surface area contributed by atoms with Gasteiger partial charge in [0.1, 0.15) is 6.61 Å². The minimum Gasteiger partial charge on any atom is -0.379 e. The maximum absolute atomic E-state index is 12.5.